The number of carbonyl (C=O) groups is 1. The van der Waals surface area contributed by atoms with Crippen molar-refractivity contribution in [3.05, 3.63) is 42.5 Å². The van der Waals surface area contributed by atoms with Crippen molar-refractivity contribution in [3.8, 4) is 0 Å². The molecule has 1 atom stereocenters. The summed E-state index contributed by atoms with van der Waals surface area (Å²) in [4.78, 5) is 14.9. The van der Waals surface area contributed by atoms with E-state index in [1.54, 1.807) is 24.5 Å². The molecular formula is C12H15N5O. The molecule has 94 valence electrons. The fourth-order valence-electron chi connectivity index (χ4n) is 1.67. The molecule has 6 nitrogen and oxygen atoms in total. The fraction of sp³-hybridized carbons (Fsp3) is 0.250. The van der Waals surface area contributed by atoms with Gasteiger partial charge in [0.25, 0.3) is 5.91 Å². The standard InChI is InChI=1S/C12H15N5O/c1-9(8-17-6-2-4-15-17)16-10-3-5-14-11(7-10)12(13)18/h2-7,9H,8H2,1H3,(H2,13,18)(H,14,16). The van der Waals surface area contributed by atoms with Gasteiger partial charge in [0, 0.05) is 30.3 Å². The number of aromatic nitrogens is 3. The number of primary amides is 1. The largest absolute Gasteiger partial charge is 0.381 e. The van der Waals surface area contributed by atoms with Crippen LogP contribution in [0, 0.1) is 0 Å². The smallest absolute Gasteiger partial charge is 0.267 e. The van der Waals surface area contributed by atoms with Crippen molar-refractivity contribution >= 4 is 11.6 Å². The molecule has 18 heavy (non-hydrogen) atoms. The van der Waals surface area contributed by atoms with Crippen LogP contribution in [0.3, 0.4) is 0 Å². The van der Waals surface area contributed by atoms with Gasteiger partial charge in [-0.1, -0.05) is 0 Å². The highest BCUT2D eigenvalue weighted by Gasteiger charge is 2.06. The molecule has 0 bridgehead atoms. The van der Waals surface area contributed by atoms with Crippen molar-refractivity contribution < 1.29 is 4.79 Å². The van der Waals surface area contributed by atoms with Crippen LogP contribution in [0.25, 0.3) is 0 Å². The molecule has 0 fully saturated rings. The predicted molar refractivity (Wildman–Crippen MR) is 68.1 cm³/mol. The van der Waals surface area contributed by atoms with E-state index in [1.807, 2.05) is 23.9 Å². The third-order valence-electron chi connectivity index (χ3n) is 2.45. The molecule has 0 saturated carbocycles. The number of anilines is 1. The average Bonchev–Trinajstić information content (AvgIpc) is 2.82. The quantitative estimate of drug-likeness (QED) is 0.818. The number of nitrogens with two attached hydrogens (primary N) is 1. The maximum absolute atomic E-state index is 11.0. The highest BCUT2D eigenvalue weighted by atomic mass is 16.1. The van der Waals surface area contributed by atoms with Crippen molar-refractivity contribution in [1.82, 2.24) is 14.8 Å². The number of carbonyl (C=O) groups excluding carboxylic acids is 1. The summed E-state index contributed by atoms with van der Waals surface area (Å²) in [6, 6.07) is 5.49. The molecule has 0 aliphatic carbocycles. The normalized spacial score (nSPS) is 12.1. The van der Waals surface area contributed by atoms with Crippen LogP contribution >= 0.6 is 0 Å². The van der Waals surface area contributed by atoms with E-state index in [4.69, 9.17) is 5.73 Å². The zero-order chi connectivity index (χ0) is 13.0. The van der Waals surface area contributed by atoms with Crippen LogP contribution in [-0.4, -0.2) is 26.7 Å². The number of hydrogen-bond acceptors (Lipinski definition) is 4. The highest BCUT2D eigenvalue weighted by Crippen LogP contribution is 2.09. The zero-order valence-electron chi connectivity index (χ0n) is 10.1. The molecule has 3 N–H and O–H groups in total. The molecule has 0 aromatic carbocycles. The maximum Gasteiger partial charge on any atom is 0.267 e. The third-order valence-corrected chi connectivity index (χ3v) is 2.45. The molecule has 0 aliphatic rings. The van der Waals surface area contributed by atoms with Crippen LogP contribution in [0.1, 0.15) is 17.4 Å². The number of nitrogens with one attached hydrogen (secondary N) is 1. The Balaban J connectivity index is 2.00. The number of rotatable bonds is 5. The molecule has 0 aliphatic heterocycles. The van der Waals surface area contributed by atoms with E-state index in [9.17, 15) is 4.79 Å². The summed E-state index contributed by atoms with van der Waals surface area (Å²) in [5, 5.41) is 7.40. The molecule has 1 unspecified atom stereocenters. The van der Waals surface area contributed by atoms with Gasteiger partial charge in [-0.2, -0.15) is 5.10 Å². The van der Waals surface area contributed by atoms with E-state index in [0.717, 1.165) is 12.2 Å². The van der Waals surface area contributed by atoms with Crippen molar-refractivity contribution in [2.24, 2.45) is 5.73 Å². The Morgan fingerprint density at radius 3 is 3.06 bits per heavy atom. The topological polar surface area (TPSA) is 85.8 Å². The van der Waals surface area contributed by atoms with Crippen molar-refractivity contribution in [3.63, 3.8) is 0 Å². The molecule has 2 rings (SSSR count). The molecule has 2 aromatic heterocycles. The van der Waals surface area contributed by atoms with Crippen molar-refractivity contribution in [1.29, 1.82) is 0 Å². The van der Waals surface area contributed by atoms with Gasteiger partial charge in [-0.25, -0.2) is 0 Å². The Labute approximate surface area is 105 Å². The molecule has 0 saturated heterocycles. The number of nitrogens with zero attached hydrogens (tertiary/aromatic N) is 3. The lowest BCUT2D eigenvalue weighted by molar-refractivity contribution is 0.0995. The Bertz CT molecular complexity index is 523. The SMILES string of the molecule is CC(Cn1cccn1)Nc1ccnc(C(N)=O)c1. The van der Waals surface area contributed by atoms with Crippen molar-refractivity contribution in [2.45, 2.75) is 19.5 Å². The Morgan fingerprint density at radius 1 is 1.56 bits per heavy atom. The third kappa shape index (κ3) is 3.07. The van der Waals surface area contributed by atoms with Gasteiger partial charge in [0.1, 0.15) is 5.69 Å². The van der Waals surface area contributed by atoms with Crippen molar-refractivity contribution in [2.75, 3.05) is 5.32 Å². The predicted octanol–water partition coefficient (Wildman–Crippen LogP) is 0.878. The molecule has 0 spiro atoms. The van der Waals surface area contributed by atoms with E-state index in [2.05, 4.69) is 15.4 Å². The second kappa shape index (κ2) is 5.31. The van der Waals surface area contributed by atoms with Gasteiger partial charge >= 0.3 is 0 Å². The minimum atomic E-state index is -0.529. The zero-order valence-corrected chi connectivity index (χ0v) is 10.1. The monoisotopic (exact) mass is 245 g/mol. The summed E-state index contributed by atoms with van der Waals surface area (Å²) in [5.74, 6) is -0.529. The summed E-state index contributed by atoms with van der Waals surface area (Å²) in [5.41, 5.74) is 6.25. The van der Waals surface area contributed by atoms with Crippen LogP contribution < -0.4 is 11.1 Å². The van der Waals surface area contributed by atoms with Crippen LogP contribution in [-0.2, 0) is 6.54 Å². The van der Waals surface area contributed by atoms with Gasteiger partial charge in [0.15, 0.2) is 0 Å². The lowest BCUT2D eigenvalue weighted by atomic mass is 10.2. The first-order valence-electron chi connectivity index (χ1n) is 5.65. The summed E-state index contributed by atoms with van der Waals surface area (Å²) in [6.07, 6.45) is 5.20. The first-order chi connectivity index (χ1) is 8.65. The van der Waals surface area contributed by atoms with E-state index in [0.29, 0.717) is 0 Å². The van der Waals surface area contributed by atoms with Gasteiger partial charge in [-0.05, 0) is 25.1 Å². The first-order valence-corrected chi connectivity index (χ1v) is 5.65. The molecule has 1 amide bonds. The minimum Gasteiger partial charge on any atom is -0.381 e. The van der Waals surface area contributed by atoms with Crippen LogP contribution in [0.2, 0.25) is 0 Å². The second-order valence-electron chi connectivity index (χ2n) is 4.07. The molecule has 2 heterocycles. The highest BCUT2D eigenvalue weighted by molar-refractivity contribution is 5.91. The van der Waals surface area contributed by atoms with E-state index in [1.165, 1.54) is 0 Å². The van der Waals surface area contributed by atoms with Crippen LogP contribution in [0.4, 0.5) is 5.69 Å². The molecule has 2 aromatic rings. The Hall–Kier alpha value is -2.37. The average molecular weight is 245 g/mol. The van der Waals surface area contributed by atoms with E-state index < -0.39 is 5.91 Å². The van der Waals surface area contributed by atoms with Crippen LogP contribution in [0.15, 0.2) is 36.8 Å². The Kier molecular flexibility index (Phi) is 3.57. The van der Waals surface area contributed by atoms with Gasteiger partial charge in [0.05, 0.1) is 6.54 Å². The maximum atomic E-state index is 11.0. The molecule has 6 heteroatoms. The summed E-state index contributed by atoms with van der Waals surface area (Å²) in [6.45, 7) is 2.77. The van der Waals surface area contributed by atoms with E-state index >= 15 is 0 Å². The van der Waals surface area contributed by atoms with Crippen LogP contribution in [0.5, 0.6) is 0 Å². The Morgan fingerprint density at radius 2 is 2.39 bits per heavy atom. The number of hydrogen-bond donors (Lipinski definition) is 2. The number of amides is 1. The van der Waals surface area contributed by atoms with Gasteiger partial charge in [-0.3, -0.25) is 14.5 Å². The number of pyridine rings is 1. The minimum absolute atomic E-state index is 0.174. The molecular weight excluding hydrogens is 230 g/mol. The second-order valence-corrected chi connectivity index (χ2v) is 4.07. The fourth-order valence-corrected chi connectivity index (χ4v) is 1.67. The summed E-state index contributed by atoms with van der Waals surface area (Å²) < 4.78 is 1.84. The van der Waals surface area contributed by atoms with Gasteiger partial charge in [0.2, 0.25) is 0 Å². The van der Waals surface area contributed by atoms with Gasteiger partial charge < -0.3 is 11.1 Å². The summed E-state index contributed by atoms with van der Waals surface area (Å²) >= 11 is 0. The lowest BCUT2D eigenvalue weighted by Crippen LogP contribution is -2.22. The van der Waals surface area contributed by atoms with Gasteiger partial charge in [-0.15, -0.1) is 0 Å². The molecule has 0 radical (unpaired) electrons. The summed E-state index contributed by atoms with van der Waals surface area (Å²) in [7, 11) is 0. The van der Waals surface area contributed by atoms with E-state index in [-0.39, 0.29) is 11.7 Å². The lowest BCUT2D eigenvalue weighted by Gasteiger charge is -2.15. The first kappa shape index (κ1) is 12.1.